The Labute approximate surface area is 132 Å². The Morgan fingerprint density at radius 2 is 1.83 bits per heavy atom. The molecule has 0 N–H and O–H groups in total. The predicted molar refractivity (Wildman–Crippen MR) is 83.3 cm³/mol. The van der Waals surface area contributed by atoms with Crippen molar-refractivity contribution in [3.8, 4) is 22.7 Å². The normalized spacial score (nSPS) is 10.5. The van der Waals surface area contributed by atoms with Crippen molar-refractivity contribution in [1.29, 1.82) is 0 Å². The van der Waals surface area contributed by atoms with Crippen LogP contribution in [0.25, 0.3) is 16.9 Å². The quantitative estimate of drug-likeness (QED) is 0.679. The fourth-order valence-electron chi connectivity index (χ4n) is 2.28. The number of carbonyl (C=O) groups excluding carboxylic acids is 1. The van der Waals surface area contributed by atoms with Gasteiger partial charge in [0.1, 0.15) is 17.3 Å². The van der Waals surface area contributed by atoms with Crippen molar-refractivity contribution in [2.75, 3.05) is 6.61 Å². The molecule has 0 fully saturated rings. The maximum atomic E-state index is 13.1. The molecule has 0 unspecified atom stereocenters. The highest BCUT2D eigenvalue weighted by molar-refractivity contribution is 5.83. The highest BCUT2D eigenvalue weighted by atomic mass is 19.1. The maximum Gasteiger partial charge on any atom is 0.172 e. The summed E-state index contributed by atoms with van der Waals surface area (Å²) in [5, 5.41) is 7.92. The number of hydrogen-bond acceptors (Lipinski definition) is 4. The molecule has 0 saturated carbocycles. The number of carbonyl (C=O) groups is 1. The Morgan fingerprint density at radius 1 is 1.13 bits per heavy atom. The van der Waals surface area contributed by atoms with Crippen LogP contribution >= 0.6 is 0 Å². The molecule has 0 aliphatic heterocycles. The first kappa shape index (κ1) is 14.9. The van der Waals surface area contributed by atoms with Crippen molar-refractivity contribution >= 4 is 6.29 Å². The predicted octanol–water partition coefficient (Wildman–Crippen LogP) is 3.28. The van der Waals surface area contributed by atoms with E-state index in [0.717, 1.165) is 11.4 Å². The fourth-order valence-corrected chi connectivity index (χ4v) is 2.28. The number of halogens is 1. The van der Waals surface area contributed by atoms with Crippen LogP contribution in [-0.2, 0) is 0 Å². The van der Waals surface area contributed by atoms with Gasteiger partial charge in [-0.15, -0.1) is 5.10 Å². The summed E-state index contributed by atoms with van der Waals surface area (Å²) >= 11 is 0. The zero-order chi connectivity index (χ0) is 16.2. The topological polar surface area (TPSA) is 57.0 Å². The van der Waals surface area contributed by atoms with Crippen molar-refractivity contribution in [3.63, 3.8) is 0 Å². The molecule has 0 aliphatic carbocycles. The second-order valence-electron chi connectivity index (χ2n) is 4.79. The van der Waals surface area contributed by atoms with E-state index >= 15 is 0 Å². The third kappa shape index (κ3) is 2.96. The van der Waals surface area contributed by atoms with E-state index in [1.165, 1.54) is 12.1 Å². The monoisotopic (exact) mass is 311 g/mol. The lowest BCUT2D eigenvalue weighted by Crippen LogP contribution is -2.00. The summed E-state index contributed by atoms with van der Waals surface area (Å²) in [5.41, 5.74) is 2.11. The third-order valence-corrected chi connectivity index (χ3v) is 3.32. The van der Waals surface area contributed by atoms with E-state index in [1.54, 1.807) is 16.8 Å². The van der Waals surface area contributed by atoms with Gasteiger partial charge in [0.05, 0.1) is 12.3 Å². The van der Waals surface area contributed by atoms with Crippen molar-refractivity contribution in [3.05, 3.63) is 60.0 Å². The first-order valence-corrected chi connectivity index (χ1v) is 7.13. The van der Waals surface area contributed by atoms with Crippen molar-refractivity contribution < 1.29 is 13.9 Å². The standard InChI is InChI=1S/C17H14FN3O2/c1-2-23-15-9-7-14(8-10-15)21-17(16(11-22)19-20-21)12-3-5-13(18)6-4-12/h3-11H,2H2,1H3. The number of benzene rings is 2. The van der Waals surface area contributed by atoms with Crippen LogP contribution in [0.2, 0.25) is 0 Å². The Hall–Kier alpha value is -3.02. The smallest absolute Gasteiger partial charge is 0.172 e. The summed E-state index contributed by atoms with van der Waals surface area (Å²) in [4.78, 5) is 11.2. The molecule has 6 heteroatoms. The number of nitrogens with zero attached hydrogens (tertiary/aromatic N) is 3. The van der Waals surface area contributed by atoms with E-state index in [-0.39, 0.29) is 11.5 Å². The Balaban J connectivity index is 2.07. The van der Waals surface area contributed by atoms with E-state index in [4.69, 9.17) is 4.74 Å². The Kier molecular flexibility index (Phi) is 4.14. The van der Waals surface area contributed by atoms with Gasteiger partial charge in [-0.3, -0.25) is 4.79 Å². The van der Waals surface area contributed by atoms with E-state index < -0.39 is 0 Å². The average Bonchev–Trinajstić information content (AvgIpc) is 3.00. The fraction of sp³-hybridized carbons (Fsp3) is 0.118. The summed E-state index contributed by atoms with van der Waals surface area (Å²) in [6, 6.07) is 13.1. The van der Waals surface area contributed by atoms with E-state index in [2.05, 4.69) is 10.3 Å². The highest BCUT2D eigenvalue weighted by Gasteiger charge is 2.16. The molecule has 0 bridgehead atoms. The molecule has 0 spiro atoms. The van der Waals surface area contributed by atoms with Crippen LogP contribution in [0, 0.1) is 5.82 Å². The summed E-state index contributed by atoms with van der Waals surface area (Å²) in [5.74, 6) is 0.400. The molecule has 2 aromatic carbocycles. The van der Waals surface area contributed by atoms with Crippen molar-refractivity contribution in [1.82, 2.24) is 15.0 Å². The van der Waals surface area contributed by atoms with Gasteiger partial charge in [0, 0.05) is 5.56 Å². The van der Waals surface area contributed by atoms with Crippen LogP contribution in [0.3, 0.4) is 0 Å². The van der Waals surface area contributed by atoms with E-state index in [1.807, 2.05) is 31.2 Å². The van der Waals surface area contributed by atoms with Gasteiger partial charge >= 0.3 is 0 Å². The molecule has 0 aliphatic rings. The number of aldehydes is 1. The Bertz CT molecular complexity index is 811. The molecule has 0 saturated heterocycles. The molecule has 1 heterocycles. The lowest BCUT2D eigenvalue weighted by atomic mass is 10.1. The lowest BCUT2D eigenvalue weighted by molar-refractivity contribution is 0.111. The Morgan fingerprint density at radius 3 is 2.43 bits per heavy atom. The number of hydrogen-bond donors (Lipinski definition) is 0. The van der Waals surface area contributed by atoms with Crippen LogP contribution in [0.5, 0.6) is 5.75 Å². The molecule has 5 nitrogen and oxygen atoms in total. The molecule has 23 heavy (non-hydrogen) atoms. The summed E-state index contributed by atoms with van der Waals surface area (Å²) in [7, 11) is 0. The molecule has 116 valence electrons. The average molecular weight is 311 g/mol. The maximum absolute atomic E-state index is 13.1. The molecule has 3 aromatic rings. The molecule has 1 aromatic heterocycles. The van der Waals surface area contributed by atoms with Gasteiger partial charge in [-0.2, -0.15) is 0 Å². The first-order chi connectivity index (χ1) is 11.2. The molecule has 3 rings (SSSR count). The lowest BCUT2D eigenvalue weighted by Gasteiger charge is -2.08. The van der Waals surface area contributed by atoms with Gasteiger partial charge in [-0.25, -0.2) is 9.07 Å². The van der Waals surface area contributed by atoms with Crippen molar-refractivity contribution in [2.24, 2.45) is 0 Å². The molecular weight excluding hydrogens is 297 g/mol. The number of aromatic nitrogens is 3. The van der Waals surface area contributed by atoms with Gasteiger partial charge in [-0.1, -0.05) is 5.21 Å². The van der Waals surface area contributed by atoms with Gasteiger partial charge < -0.3 is 4.74 Å². The largest absolute Gasteiger partial charge is 0.494 e. The van der Waals surface area contributed by atoms with Crippen LogP contribution in [0.15, 0.2) is 48.5 Å². The van der Waals surface area contributed by atoms with Gasteiger partial charge in [0.2, 0.25) is 0 Å². The van der Waals surface area contributed by atoms with Gasteiger partial charge in [0.25, 0.3) is 0 Å². The third-order valence-electron chi connectivity index (χ3n) is 3.32. The summed E-state index contributed by atoms with van der Waals surface area (Å²) in [6.07, 6.45) is 0.636. The summed E-state index contributed by atoms with van der Waals surface area (Å²) in [6.45, 7) is 2.49. The number of ether oxygens (including phenoxy) is 1. The van der Waals surface area contributed by atoms with E-state index in [9.17, 15) is 9.18 Å². The minimum atomic E-state index is -0.346. The molecule has 0 atom stereocenters. The minimum Gasteiger partial charge on any atom is -0.494 e. The van der Waals surface area contributed by atoms with Crippen LogP contribution in [0.4, 0.5) is 4.39 Å². The first-order valence-electron chi connectivity index (χ1n) is 7.13. The SMILES string of the molecule is CCOc1ccc(-n2nnc(C=O)c2-c2ccc(F)cc2)cc1. The van der Waals surface area contributed by atoms with Gasteiger partial charge in [0.15, 0.2) is 12.0 Å². The second-order valence-corrected chi connectivity index (χ2v) is 4.79. The van der Waals surface area contributed by atoms with Gasteiger partial charge in [-0.05, 0) is 55.5 Å². The zero-order valence-corrected chi connectivity index (χ0v) is 12.4. The molecular formula is C17H14FN3O2. The van der Waals surface area contributed by atoms with Crippen LogP contribution in [-0.4, -0.2) is 27.9 Å². The van der Waals surface area contributed by atoms with Crippen LogP contribution < -0.4 is 4.74 Å². The zero-order valence-electron chi connectivity index (χ0n) is 12.4. The second kappa shape index (κ2) is 6.39. The minimum absolute atomic E-state index is 0.200. The molecule has 0 radical (unpaired) electrons. The van der Waals surface area contributed by atoms with Crippen molar-refractivity contribution in [2.45, 2.75) is 6.92 Å². The summed E-state index contributed by atoms with van der Waals surface area (Å²) < 4.78 is 20.1. The van der Waals surface area contributed by atoms with E-state index in [0.29, 0.717) is 24.2 Å². The number of rotatable bonds is 5. The highest BCUT2D eigenvalue weighted by Crippen LogP contribution is 2.25. The van der Waals surface area contributed by atoms with Crippen LogP contribution in [0.1, 0.15) is 17.4 Å². The molecule has 0 amide bonds.